The molecule has 0 amide bonds. The van der Waals surface area contributed by atoms with Crippen molar-refractivity contribution in [1.82, 2.24) is 9.97 Å². The van der Waals surface area contributed by atoms with Crippen molar-refractivity contribution in [3.63, 3.8) is 0 Å². The smallest absolute Gasteiger partial charge is 0.254 e. The minimum absolute atomic E-state index is 0.0536. The standard InChI is InChI=1S/C11H11BrN2OS/c1-3-8-6(2)11(15)14-10(13-8)9-7(12)4-5-16-9/h4-5H,3H2,1-2H3,(H,13,14,15). The van der Waals surface area contributed by atoms with Crippen LogP contribution < -0.4 is 5.56 Å². The van der Waals surface area contributed by atoms with Crippen LogP contribution in [0.1, 0.15) is 18.2 Å². The predicted molar refractivity (Wildman–Crippen MR) is 70.0 cm³/mol. The molecule has 0 saturated carbocycles. The maximum Gasteiger partial charge on any atom is 0.254 e. The normalized spacial score (nSPS) is 10.7. The van der Waals surface area contributed by atoms with Crippen molar-refractivity contribution >= 4 is 27.3 Å². The fraction of sp³-hybridized carbons (Fsp3) is 0.273. The average Bonchev–Trinajstić information content (AvgIpc) is 2.68. The van der Waals surface area contributed by atoms with E-state index in [1.807, 2.05) is 18.4 Å². The Morgan fingerprint density at radius 2 is 2.31 bits per heavy atom. The Kier molecular flexibility index (Phi) is 3.25. The van der Waals surface area contributed by atoms with Gasteiger partial charge in [0.05, 0.1) is 10.6 Å². The number of hydrogen-bond donors (Lipinski definition) is 1. The second-order valence-electron chi connectivity index (χ2n) is 3.44. The fourth-order valence-corrected chi connectivity index (χ4v) is 3.00. The molecule has 0 saturated heterocycles. The van der Waals surface area contributed by atoms with E-state index in [9.17, 15) is 4.79 Å². The van der Waals surface area contributed by atoms with Gasteiger partial charge in [-0.25, -0.2) is 4.98 Å². The Labute approximate surface area is 106 Å². The number of aromatic amines is 1. The highest BCUT2D eigenvalue weighted by Crippen LogP contribution is 2.30. The van der Waals surface area contributed by atoms with Crippen molar-refractivity contribution < 1.29 is 0 Å². The molecule has 0 aliphatic heterocycles. The highest BCUT2D eigenvalue weighted by molar-refractivity contribution is 9.10. The molecule has 5 heteroatoms. The third-order valence-corrected chi connectivity index (χ3v) is 4.26. The van der Waals surface area contributed by atoms with Crippen LogP contribution in [-0.2, 0) is 6.42 Å². The van der Waals surface area contributed by atoms with Gasteiger partial charge in [0.2, 0.25) is 0 Å². The van der Waals surface area contributed by atoms with Crippen molar-refractivity contribution in [3.05, 3.63) is 37.5 Å². The number of aromatic nitrogens is 2. The summed E-state index contributed by atoms with van der Waals surface area (Å²) in [5, 5.41) is 1.96. The van der Waals surface area contributed by atoms with E-state index in [2.05, 4.69) is 25.9 Å². The van der Waals surface area contributed by atoms with E-state index in [0.29, 0.717) is 11.4 Å². The van der Waals surface area contributed by atoms with Gasteiger partial charge in [0.25, 0.3) is 5.56 Å². The van der Waals surface area contributed by atoms with Crippen LogP contribution in [0, 0.1) is 6.92 Å². The number of halogens is 1. The molecule has 2 heterocycles. The van der Waals surface area contributed by atoms with E-state index in [1.165, 1.54) is 0 Å². The van der Waals surface area contributed by atoms with E-state index in [-0.39, 0.29) is 5.56 Å². The van der Waals surface area contributed by atoms with Crippen molar-refractivity contribution in [2.45, 2.75) is 20.3 Å². The molecule has 2 aromatic rings. The Hall–Kier alpha value is -0.940. The van der Waals surface area contributed by atoms with Crippen LogP contribution in [-0.4, -0.2) is 9.97 Å². The molecule has 84 valence electrons. The molecule has 0 aliphatic carbocycles. The summed E-state index contributed by atoms with van der Waals surface area (Å²) in [6.07, 6.45) is 0.770. The van der Waals surface area contributed by atoms with Gasteiger partial charge < -0.3 is 4.98 Å². The van der Waals surface area contributed by atoms with Gasteiger partial charge in [-0.05, 0) is 40.7 Å². The first-order valence-electron chi connectivity index (χ1n) is 4.96. The van der Waals surface area contributed by atoms with Gasteiger partial charge >= 0.3 is 0 Å². The van der Waals surface area contributed by atoms with Crippen LogP contribution in [0.3, 0.4) is 0 Å². The third-order valence-electron chi connectivity index (χ3n) is 2.42. The molecule has 1 N–H and O–H groups in total. The van der Waals surface area contributed by atoms with E-state index >= 15 is 0 Å². The summed E-state index contributed by atoms with van der Waals surface area (Å²) in [5.41, 5.74) is 1.51. The Bertz CT molecular complexity index is 574. The minimum Gasteiger partial charge on any atom is -0.306 e. The Morgan fingerprint density at radius 1 is 1.56 bits per heavy atom. The van der Waals surface area contributed by atoms with Gasteiger partial charge in [0.15, 0.2) is 5.82 Å². The average molecular weight is 299 g/mol. The van der Waals surface area contributed by atoms with E-state index < -0.39 is 0 Å². The summed E-state index contributed by atoms with van der Waals surface area (Å²) < 4.78 is 0.964. The van der Waals surface area contributed by atoms with Gasteiger partial charge in [-0.3, -0.25) is 4.79 Å². The molecule has 2 aromatic heterocycles. The molecule has 0 bridgehead atoms. The van der Waals surface area contributed by atoms with Gasteiger partial charge in [-0.1, -0.05) is 6.92 Å². The Morgan fingerprint density at radius 3 is 2.88 bits per heavy atom. The number of nitrogens with one attached hydrogen (secondary N) is 1. The first-order valence-corrected chi connectivity index (χ1v) is 6.64. The summed E-state index contributed by atoms with van der Waals surface area (Å²) in [4.78, 5) is 20.0. The maximum absolute atomic E-state index is 11.7. The number of aryl methyl sites for hydroxylation is 1. The molecular weight excluding hydrogens is 288 g/mol. The van der Waals surface area contributed by atoms with Crippen LogP contribution in [0.5, 0.6) is 0 Å². The number of H-pyrrole nitrogens is 1. The second kappa shape index (κ2) is 4.51. The van der Waals surface area contributed by atoms with Gasteiger partial charge in [-0.15, -0.1) is 11.3 Å². The monoisotopic (exact) mass is 298 g/mol. The molecule has 3 nitrogen and oxygen atoms in total. The highest BCUT2D eigenvalue weighted by Gasteiger charge is 2.11. The number of thiophene rings is 1. The summed E-state index contributed by atoms with van der Waals surface area (Å²) in [6.45, 7) is 3.81. The lowest BCUT2D eigenvalue weighted by Crippen LogP contribution is -2.15. The predicted octanol–water partition coefficient (Wildman–Crippen LogP) is 3.13. The fourth-order valence-electron chi connectivity index (χ4n) is 1.49. The van der Waals surface area contributed by atoms with Crippen molar-refractivity contribution in [3.8, 4) is 10.7 Å². The minimum atomic E-state index is -0.0536. The number of hydrogen-bond acceptors (Lipinski definition) is 3. The van der Waals surface area contributed by atoms with E-state index in [0.717, 1.165) is 21.5 Å². The Balaban J connectivity index is 2.64. The molecule has 0 atom stereocenters. The molecule has 0 unspecified atom stereocenters. The van der Waals surface area contributed by atoms with Crippen LogP contribution in [0.2, 0.25) is 0 Å². The SMILES string of the molecule is CCc1nc(-c2sccc2Br)[nH]c(=O)c1C. The maximum atomic E-state index is 11.7. The van der Waals surface area contributed by atoms with Crippen LogP contribution >= 0.6 is 27.3 Å². The second-order valence-corrected chi connectivity index (χ2v) is 5.21. The van der Waals surface area contributed by atoms with E-state index in [4.69, 9.17) is 0 Å². The third kappa shape index (κ3) is 1.97. The molecular formula is C11H11BrN2OS. The molecule has 0 aliphatic rings. The molecule has 0 aromatic carbocycles. The number of rotatable bonds is 2. The molecule has 0 radical (unpaired) electrons. The quantitative estimate of drug-likeness (QED) is 0.926. The van der Waals surface area contributed by atoms with Crippen molar-refractivity contribution in [1.29, 1.82) is 0 Å². The first kappa shape index (κ1) is 11.5. The molecule has 2 rings (SSSR count). The van der Waals surface area contributed by atoms with Gasteiger partial charge in [-0.2, -0.15) is 0 Å². The lowest BCUT2D eigenvalue weighted by Gasteiger charge is -2.04. The van der Waals surface area contributed by atoms with Gasteiger partial charge in [0, 0.05) is 10.0 Å². The largest absolute Gasteiger partial charge is 0.306 e. The summed E-state index contributed by atoms with van der Waals surface area (Å²) in [6, 6.07) is 1.95. The molecule has 0 spiro atoms. The highest BCUT2D eigenvalue weighted by atomic mass is 79.9. The zero-order valence-electron chi connectivity index (χ0n) is 9.00. The summed E-state index contributed by atoms with van der Waals surface area (Å²) in [7, 11) is 0. The van der Waals surface area contributed by atoms with Crippen LogP contribution in [0.4, 0.5) is 0 Å². The lowest BCUT2D eigenvalue weighted by molar-refractivity contribution is 0.957. The van der Waals surface area contributed by atoms with Crippen LogP contribution in [0.25, 0.3) is 10.7 Å². The van der Waals surface area contributed by atoms with Crippen molar-refractivity contribution in [2.24, 2.45) is 0 Å². The van der Waals surface area contributed by atoms with Crippen LogP contribution in [0.15, 0.2) is 20.7 Å². The molecule has 16 heavy (non-hydrogen) atoms. The topological polar surface area (TPSA) is 45.8 Å². The van der Waals surface area contributed by atoms with E-state index in [1.54, 1.807) is 18.3 Å². The number of nitrogens with zero attached hydrogens (tertiary/aromatic N) is 1. The zero-order valence-corrected chi connectivity index (χ0v) is 11.4. The lowest BCUT2D eigenvalue weighted by atomic mass is 10.2. The van der Waals surface area contributed by atoms with Gasteiger partial charge in [0.1, 0.15) is 0 Å². The summed E-state index contributed by atoms with van der Waals surface area (Å²) in [5.74, 6) is 0.648. The molecule has 0 fully saturated rings. The zero-order chi connectivity index (χ0) is 11.7. The first-order chi connectivity index (χ1) is 7.63. The summed E-state index contributed by atoms with van der Waals surface area (Å²) >= 11 is 5.00. The van der Waals surface area contributed by atoms with Crippen molar-refractivity contribution in [2.75, 3.05) is 0 Å².